The Morgan fingerprint density at radius 3 is 2.67 bits per heavy atom. The zero-order valence-corrected chi connectivity index (χ0v) is 14.7. The predicted octanol–water partition coefficient (Wildman–Crippen LogP) is 3.82. The molecule has 0 spiro atoms. The van der Waals surface area contributed by atoms with Gasteiger partial charge in [0.25, 0.3) is 0 Å². The van der Waals surface area contributed by atoms with Crippen molar-refractivity contribution >= 4 is 23.4 Å². The van der Waals surface area contributed by atoms with Crippen LogP contribution in [-0.4, -0.2) is 28.6 Å². The summed E-state index contributed by atoms with van der Waals surface area (Å²) >= 11 is 1.51. The number of nitrogens with zero attached hydrogens (tertiary/aromatic N) is 1. The Morgan fingerprint density at radius 2 is 1.88 bits per heavy atom. The van der Waals surface area contributed by atoms with Gasteiger partial charge in [0.15, 0.2) is 0 Å². The first kappa shape index (κ1) is 17.1. The van der Waals surface area contributed by atoms with Crippen molar-refractivity contribution < 1.29 is 9.90 Å². The Labute approximate surface area is 147 Å². The first-order chi connectivity index (χ1) is 11.7. The molecule has 0 aliphatic carbocycles. The Bertz CT molecular complexity index is 689. The second-order valence-electron chi connectivity index (χ2n) is 6.12. The highest BCUT2D eigenvalue weighted by atomic mass is 32.2. The molecule has 0 bridgehead atoms. The van der Waals surface area contributed by atoms with E-state index >= 15 is 0 Å². The minimum absolute atomic E-state index is 0.132. The molecular formula is C20H23NO2S. The summed E-state index contributed by atoms with van der Waals surface area (Å²) in [5.41, 5.74) is 3.19. The van der Waals surface area contributed by atoms with Crippen molar-refractivity contribution in [2.75, 3.05) is 17.2 Å². The molecule has 1 aliphatic heterocycles. The summed E-state index contributed by atoms with van der Waals surface area (Å²) < 4.78 is 0. The minimum Gasteiger partial charge on any atom is -0.388 e. The van der Waals surface area contributed by atoms with Crippen LogP contribution in [0.2, 0.25) is 0 Å². The number of para-hydroxylation sites is 1. The van der Waals surface area contributed by atoms with Crippen LogP contribution in [0.5, 0.6) is 0 Å². The molecule has 0 saturated carbocycles. The molecule has 0 unspecified atom stereocenters. The standard InChI is InChI=1S/C20H23NO2S/c1-15(24-14-19(22)17-9-3-2-4-10-17)20(23)21-13-7-11-16-8-5-6-12-18(16)21/h2-6,8-10,12,15,19,22H,7,11,13-14H2,1H3/t15-,19+/m0/s1. The van der Waals surface area contributed by atoms with Crippen molar-refractivity contribution in [3.8, 4) is 0 Å². The number of hydrogen-bond donors (Lipinski definition) is 1. The average Bonchev–Trinajstić information content (AvgIpc) is 2.65. The van der Waals surface area contributed by atoms with Crippen molar-refractivity contribution in [1.82, 2.24) is 0 Å². The van der Waals surface area contributed by atoms with E-state index in [9.17, 15) is 9.90 Å². The summed E-state index contributed by atoms with van der Waals surface area (Å²) in [6.45, 7) is 2.71. The summed E-state index contributed by atoms with van der Waals surface area (Å²) in [6, 6.07) is 17.8. The number of thioether (sulfide) groups is 1. The van der Waals surface area contributed by atoms with Crippen molar-refractivity contribution in [2.24, 2.45) is 0 Å². The van der Waals surface area contributed by atoms with Crippen LogP contribution in [0, 0.1) is 0 Å². The number of hydrogen-bond acceptors (Lipinski definition) is 3. The van der Waals surface area contributed by atoms with E-state index in [4.69, 9.17) is 0 Å². The molecule has 0 fully saturated rings. The number of anilines is 1. The van der Waals surface area contributed by atoms with Gasteiger partial charge in [-0.25, -0.2) is 0 Å². The van der Waals surface area contributed by atoms with Crippen LogP contribution < -0.4 is 4.90 Å². The third-order valence-electron chi connectivity index (χ3n) is 4.41. The lowest BCUT2D eigenvalue weighted by molar-refractivity contribution is -0.117. The molecule has 2 atom stereocenters. The Morgan fingerprint density at radius 1 is 1.17 bits per heavy atom. The molecule has 4 heteroatoms. The number of aliphatic hydroxyl groups is 1. The van der Waals surface area contributed by atoms with E-state index in [0.29, 0.717) is 5.75 Å². The highest BCUT2D eigenvalue weighted by molar-refractivity contribution is 8.00. The monoisotopic (exact) mass is 341 g/mol. The second-order valence-corrected chi connectivity index (χ2v) is 7.50. The Balaban J connectivity index is 1.61. The third-order valence-corrected chi connectivity index (χ3v) is 5.62. The summed E-state index contributed by atoms with van der Waals surface area (Å²) in [7, 11) is 0. The molecule has 1 amide bonds. The van der Waals surface area contributed by atoms with E-state index < -0.39 is 6.10 Å². The van der Waals surface area contributed by atoms with Gasteiger partial charge in [-0.05, 0) is 37.0 Å². The fraction of sp³-hybridized carbons (Fsp3) is 0.350. The lowest BCUT2D eigenvalue weighted by Gasteiger charge is -2.31. The SMILES string of the molecule is C[C@H](SC[C@@H](O)c1ccccc1)C(=O)N1CCCc2ccccc21. The molecule has 1 N–H and O–H groups in total. The van der Waals surface area contributed by atoms with Gasteiger partial charge >= 0.3 is 0 Å². The summed E-state index contributed by atoms with van der Waals surface area (Å²) in [4.78, 5) is 14.7. The third kappa shape index (κ3) is 3.82. The summed E-state index contributed by atoms with van der Waals surface area (Å²) in [5.74, 6) is 0.652. The molecule has 1 heterocycles. The molecule has 3 rings (SSSR count). The molecule has 1 aliphatic rings. The second kappa shape index (κ2) is 7.86. The van der Waals surface area contributed by atoms with Gasteiger partial charge in [0.05, 0.1) is 11.4 Å². The molecule has 2 aromatic carbocycles. The molecule has 0 radical (unpaired) electrons. The lowest BCUT2D eigenvalue weighted by Crippen LogP contribution is -2.40. The maximum atomic E-state index is 12.8. The van der Waals surface area contributed by atoms with Crippen molar-refractivity contribution in [3.05, 3.63) is 65.7 Å². The normalized spacial score (nSPS) is 16.3. The van der Waals surface area contributed by atoms with Crippen LogP contribution in [0.15, 0.2) is 54.6 Å². The van der Waals surface area contributed by atoms with Crippen molar-refractivity contribution in [1.29, 1.82) is 0 Å². The highest BCUT2D eigenvalue weighted by Gasteiger charge is 2.26. The zero-order chi connectivity index (χ0) is 16.9. The van der Waals surface area contributed by atoms with Gasteiger partial charge in [-0.2, -0.15) is 0 Å². The van der Waals surface area contributed by atoms with E-state index in [0.717, 1.165) is 30.6 Å². The first-order valence-corrected chi connectivity index (χ1v) is 9.45. The van der Waals surface area contributed by atoms with Crippen molar-refractivity contribution in [3.63, 3.8) is 0 Å². The fourth-order valence-electron chi connectivity index (χ4n) is 3.06. The van der Waals surface area contributed by atoms with Crippen LogP contribution in [0.4, 0.5) is 5.69 Å². The molecule has 2 aromatic rings. The van der Waals surface area contributed by atoms with Crippen LogP contribution in [0.3, 0.4) is 0 Å². The highest BCUT2D eigenvalue weighted by Crippen LogP contribution is 2.29. The summed E-state index contributed by atoms with van der Waals surface area (Å²) in [6.07, 6.45) is 1.50. The van der Waals surface area contributed by atoms with Crippen molar-refractivity contribution in [2.45, 2.75) is 31.1 Å². The van der Waals surface area contributed by atoms with Gasteiger partial charge in [0.1, 0.15) is 0 Å². The van der Waals surface area contributed by atoms with E-state index in [2.05, 4.69) is 6.07 Å². The minimum atomic E-state index is -0.542. The maximum Gasteiger partial charge on any atom is 0.239 e. The van der Waals surface area contributed by atoms with Gasteiger partial charge in [-0.1, -0.05) is 48.5 Å². The number of carbonyl (C=O) groups excluding carboxylic acids is 1. The Hall–Kier alpha value is -1.78. The van der Waals surface area contributed by atoms with E-state index in [-0.39, 0.29) is 11.2 Å². The van der Waals surface area contributed by atoms with Gasteiger partial charge in [0, 0.05) is 18.0 Å². The molecule has 126 valence electrons. The van der Waals surface area contributed by atoms with Gasteiger partial charge < -0.3 is 10.0 Å². The molecule has 0 saturated heterocycles. The van der Waals surface area contributed by atoms with E-state index in [1.807, 2.05) is 60.4 Å². The Kier molecular flexibility index (Phi) is 5.59. The molecule has 24 heavy (non-hydrogen) atoms. The van der Waals surface area contributed by atoms with Crippen LogP contribution in [-0.2, 0) is 11.2 Å². The first-order valence-electron chi connectivity index (χ1n) is 8.40. The smallest absolute Gasteiger partial charge is 0.239 e. The molecule has 0 aromatic heterocycles. The van der Waals surface area contributed by atoms with E-state index in [1.165, 1.54) is 17.3 Å². The number of rotatable bonds is 5. The average molecular weight is 341 g/mol. The van der Waals surface area contributed by atoms with E-state index in [1.54, 1.807) is 0 Å². The number of aryl methyl sites for hydroxylation is 1. The number of carbonyl (C=O) groups is 1. The van der Waals surface area contributed by atoms with Gasteiger partial charge in [-0.3, -0.25) is 4.79 Å². The number of benzene rings is 2. The van der Waals surface area contributed by atoms with Crippen LogP contribution >= 0.6 is 11.8 Å². The molecular weight excluding hydrogens is 318 g/mol. The van der Waals surface area contributed by atoms with Gasteiger partial charge in [0.2, 0.25) is 5.91 Å². The van der Waals surface area contributed by atoms with Crippen LogP contribution in [0.1, 0.15) is 30.6 Å². The number of aliphatic hydroxyl groups excluding tert-OH is 1. The largest absolute Gasteiger partial charge is 0.388 e. The lowest BCUT2D eigenvalue weighted by atomic mass is 10.0. The summed E-state index contributed by atoms with van der Waals surface area (Å²) in [5, 5.41) is 10.1. The zero-order valence-electron chi connectivity index (χ0n) is 13.9. The fourth-order valence-corrected chi connectivity index (χ4v) is 3.99. The number of amides is 1. The van der Waals surface area contributed by atoms with Crippen LogP contribution in [0.25, 0.3) is 0 Å². The van der Waals surface area contributed by atoms with Gasteiger partial charge in [-0.15, -0.1) is 11.8 Å². The molecule has 3 nitrogen and oxygen atoms in total. The predicted molar refractivity (Wildman–Crippen MR) is 100 cm³/mol. The topological polar surface area (TPSA) is 40.5 Å². The number of fused-ring (bicyclic) bond motifs is 1. The quantitative estimate of drug-likeness (QED) is 0.899. The maximum absolute atomic E-state index is 12.8.